The molecule has 0 aliphatic carbocycles. The maximum absolute atomic E-state index is 9.85. The van der Waals surface area contributed by atoms with Crippen molar-refractivity contribution < 1.29 is 48.8 Å². The van der Waals surface area contributed by atoms with E-state index in [1.807, 2.05) is 0 Å². The lowest BCUT2D eigenvalue weighted by Gasteiger charge is -1.90. The van der Waals surface area contributed by atoms with E-state index in [-0.39, 0.29) is 7.43 Å². The van der Waals surface area contributed by atoms with Crippen molar-refractivity contribution in [1.29, 1.82) is 0 Å². The van der Waals surface area contributed by atoms with Crippen molar-refractivity contribution in [2.45, 2.75) is 7.43 Å². The molecule has 0 aromatic carbocycles. The van der Waals surface area contributed by atoms with Crippen molar-refractivity contribution in [3.8, 4) is 0 Å². The molecule has 0 aromatic rings. The van der Waals surface area contributed by atoms with Gasteiger partial charge in [-0.3, -0.25) is 0 Å². The van der Waals surface area contributed by atoms with E-state index in [2.05, 4.69) is 35.1 Å². The lowest BCUT2D eigenvalue weighted by Crippen LogP contribution is -2.16. The predicted molar refractivity (Wildman–Crippen MR) is 116 cm³/mol. The Balaban J connectivity index is -0.0000000263. The molecule has 15 heteroatoms. The van der Waals surface area contributed by atoms with Gasteiger partial charge in [0.05, 0.1) is 14.2 Å². The van der Waals surface area contributed by atoms with Gasteiger partial charge in [0.2, 0.25) is 18.2 Å². The number of hydrogen-bond donors (Lipinski definition) is 5. The van der Waals surface area contributed by atoms with Gasteiger partial charge in [-0.05, 0) is 0 Å². The summed E-state index contributed by atoms with van der Waals surface area (Å²) >= 11 is 0. The van der Waals surface area contributed by atoms with Crippen LogP contribution in [0.25, 0.3) is 0 Å². The van der Waals surface area contributed by atoms with E-state index < -0.39 is 12.2 Å². The SMILES string of the molecule is C.CN=C=O.CN=C=O.CN=C=O.CNC(=O)OC.CNC(=O)OC.CO.CO.CO. The number of aliphatic imine (C=N–C) groups is 3. The number of amides is 2. The second kappa shape index (κ2) is 110. The molecule has 0 fully saturated rings. The van der Waals surface area contributed by atoms with Crippen LogP contribution in [0.15, 0.2) is 15.0 Å². The Hall–Kier alpha value is -3.44. The molecular weight excluding hydrogens is 422 g/mol. The second-order valence-corrected chi connectivity index (χ2v) is 2.43. The zero-order chi connectivity index (χ0) is 26.2. The molecule has 15 nitrogen and oxygen atoms in total. The molecule has 0 aromatic heterocycles. The van der Waals surface area contributed by atoms with Crippen molar-refractivity contribution in [3.63, 3.8) is 0 Å². The Morgan fingerprint density at radius 1 is 0.645 bits per heavy atom. The summed E-state index contributed by atoms with van der Waals surface area (Å²) < 4.78 is 8.30. The molecule has 5 N–H and O–H groups in total. The number of nitrogens with one attached hydrogen (secondary N) is 2. The van der Waals surface area contributed by atoms with Crippen molar-refractivity contribution in [2.75, 3.05) is 70.8 Å². The number of carbonyl (C=O) groups excluding carboxylic acids is 5. The summed E-state index contributed by atoms with van der Waals surface area (Å²) in [7, 11) is 12.8. The van der Waals surface area contributed by atoms with Gasteiger partial charge in [0, 0.05) is 56.6 Å². The monoisotopic (exact) mass is 461 g/mol. The summed E-state index contributed by atoms with van der Waals surface area (Å²) in [5, 5.41) is 25.5. The van der Waals surface area contributed by atoms with Crippen molar-refractivity contribution >= 4 is 30.4 Å². The van der Waals surface area contributed by atoms with Gasteiger partial charge >= 0.3 is 12.2 Å². The molecule has 0 rings (SSSR count). The fraction of sp³-hybridized carbons (Fsp3) is 0.688. The number of isocyanates is 3. The molecule has 0 heterocycles. The van der Waals surface area contributed by atoms with Crippen molar-refractivity contribution in [3.05, 3.63) is 0 Å². The Morgan fingerprint density at radius 3 is 0.774 bits per heavy atom. The summed E-state index contributed by atoms with van der Waals surface area (Å²) in [5.74, 6) is 0. The van der Waals surface area contributed by atoms with Crippen LogP contribution >= 0.6 is 0 Å². The first-order valence-electron chi connectivity index (χ1n) is 7.10. The number of aliphatic hydroxyl groups is 3. The van der Waals surface area contributed by atoms with Crippen LogP contribution in [0.5, 0.6) is 0 Å². The first-order valence-corrected chi connectivity index (χ1v) is 7.10. The number of methoxy groups -OCH3 is 2. The highest BCUT2D eigenvalue weighted by Gasteiger charge is 1.85. The molecule has 0 bridgehead atoms. The van der Waals surface area contributed by atoms with E-state index >= 15 is 0 Å². The minimum absolute atomic E-state index is 0. The minimum atomic E-state index is -0.407. The maximum atomic E-state index is 9.85. The third kappa shape index (κ3) is 280. The molecule has 31 heavy (non-hydrogen) atoms. The first-order chi connectivity index (χ1) is 14.4. The summed E-state index contributed by atoms with van der Waals surface area (Å²) in [6.07, 6.45) is 3.10. The third-order valence-corrected chi connectivity index (χ3v) is 1.05. The van der Waals surface area contributed by atoms with Gasteiger partial charge in [0.1, 0.15) is 0 Å². The van der Waals surface area contributed by atoms with Gasteiger partial charge in [0.15, 0.2) is 0 Å². The molecule has 0 unspecified atom stereocenters. The predicted octanol–water partition coefficient (Wildman–Crippen LogP) is -0.738. The average molecular weight is 462 g/mol. The molecule has 0 aliphatic heterocycles. The zero-order valence-electron chi connectivity index (χ0n) is 19.0. The number of aliphatic hydroxyl groups excluding tert-OH is 3. The van der Waals surface area contributed by atoms with E-state index in [0.29, 0.717) is 0 Å². The number of carbonyl (C=O) groups is 2. The van der Waals surface area contributed by atoms with Crippen LogP contribution in [-0.4, -0.2) is 117 Å². The van der Waals surface area contributed by atoms with Gasteiger partial charge in [-0.25, -0.2) is 38.9 Å². The third-order valence-electron chi connectivity index (χ3n) is 1.05. The van der Waals surface area contributed by atoms with E-state index in [1.165, 1.54) is 67.7 Å². The van der Waals surface area contributed by atoms with Crippen LogP contribution in [0.4, 0.5) is 9.59 Å². The largest absolute Gasteiger partial charge is 0.453 e. The molecule has 0 saturated carbocycles. The van der Waals surface area contributed by atoms with Crippen molar-refractivity contribution in [1.82, 2.24) is 10.6 Å². The topological polar surface area (TPSA) is 226 Å². The summed E-state index contributed by atoms with van der Waals surface area (Å²) in [6.45, 7) is 0. The number of rotatable bonds is 0. The van der Waals surface area contributed by atoms with E-state index in [0.717, 1.165) is 21.3 Å². The average Bonchev–Trinajstić information content (AvgIpc) is 2.87. The van der Waals surface area contributed by atoms with Gasteiger partial charge < -0.3 is 35.4 Å². The number of nitrogens with zero attached hydrogens (tertiary/aromatic N) is 3. The molecule has 0 radical (unpaired) electrons. The molecule has 0 saturated heterocycles. The molecule has 0 aliphatic rings. The van der Waals surface area contributed by atoms with Gasteiger partial charge in [-0.1, -0.05) is 7.43 Å². The first kappa shape index (κ1) is 56.4. The number of ether oxygens (including phenoxy) is 2. The minimum Gasteiger partial charge on any atom is -0.453 e. The van der Waals surface area contributed by atoms with Crippen molar-refractivity contribution in [2.24, 2.45) is 15.0 Å². The maximum Gasteiger partial charge on any atom is 0.406 e. The Morgan fingerprint density at radius 2 is 0.774 bits per heavy atom. The summed E-state index contributed by atoms with van der Waals surface area (Å²) in [4.78, 5) is 55.1. The van der Waals surface area contributed by atoms with Crippen LogP contribution < -0.4 is 10.6 Å². The fourth-order valence-electron chi connectivity index (χ4n) is 0.204. The zero-order valence-corrected chi connectivity index (χ0v) is 19.0. The Kier molecular flexibility index (Phi) is 200. The van der Waals surface area contributed by atoms with Gasteiger partial charge in [-0.15, -0.1) is 0 Å². The van der Waals surface area contributed by atoms with Crippen LogP contribution in [0.2, 0.25) is 0 Å². The highest BCUT2D eigenvalue weighted by atomic mass is 16.5. The molecule has 0 spiro atoms. The standard InChI is InChI=1S/2C3H7NO2.3C2H3NO.3CH4O.CH4/c2*1-4-3(5)6-2;3*1-3-2-4;3*1-2;/h2*1-2H3,(H,4,5);3*1H3;3*2H,1H3;1H4. The molecule has 0 atom stereocenters. The number of alkyl carbamates (subject to hydrolysis) is 2. The lowest BCUT2D eigenvalue weighted by atomic mass is 11.1. The number of hydrogen-bond acceptors (Lipinski definition) is 13. The smallest absolute Gasteiger partial charge is 0.406 e. The van der Waals surface area contributed by atoms with E-state index in [1.54, 1.807) is 0 Å². The molecule has 188 valence electrons. The van der Waals surface area contributed by atoms with Gasteiger partial charge in [0.25, 0.3) is 0 Å². The highest BCUT2D eigenvalue weighted by molar-refractivity contribution is 5.66. The summed E-state index contributed by atoms with van der Waals surface area (Å²) in [6, 6.07) is 0. The Labute approximate surface area is 183 Å². The lowest BCUT2D eigenvalue weighted by molar-refractivity contribution is 0.172. The van der Waals surface area contributed by atoms with Gasteiger partial charge in [-0.2, -0.15) is 0 Å². The molecular formula is C16H39N5O10. The fourth-order valence-corrected chi connectivity index (χ4v) is 0.204. The second-order valence-electron chi connectivity index (χ2n) is 2.43. The summed E-state index contributed by atoms with van der Waals surface area (Å²) in [5.41, 5.74) is 0. The van der Waals surface area contributed by atoms with Crippen LogP contribution in [0.1, 0.15) is 7.43 Å². The van der Waals surface area contributed by atoms with Crippen LogP contribution in [-0.2, 0) is 23.9 Å². The quantitative estimate of drug-likeness (QED) is 0.224. The van der Waals surface area contributed by atoms with Crippen LogP contribution in [0, 0.1) is 0 Å². The van der Waals surface area contributed by atoms with Crippen LogP contribution in [0.3, 0.4) is 0 Å². The van der Waals surface area contributed by atoms with E-state index in [9.17, 15) is 9.59 Å². The van der Waals surface area contributed by atoms with E-state index in [4.69, 9.17) is 29.7 Å². The molecule has 2 amide bonds. The normalized spacial score (nSPS) is 4.94. The highest BCUT2D eigenvalue weighted by Crippen LogP contribution is 1.62. The Bertz CT molecular complexity index is 366.